The predicted molar refractivity (Wildman–Crippen MR) is 39.5 cm³/mol. The van der Waals surface area contributed by atoms with Gasteiger partial charge in [-0.25, -0.2) is 0 Å². The van der Waals surface area contributed by atoms with E-state index < -0.39 is 0 Å². The number of nitrogens with two attached hydrogens (primary N) is 1. The maximum Gasteiger partial charge on any atom is 0.152 e. The van der Waals surface area contributed by atoms with E-state index in [-0.39, 0.29) is 0 Å². The molecule has 0 aliphatic rings. The lowest BCUT2D eigenvalue weighted by Gasteiger charge is -2.00. The molecule has 0 aromatic carbocycles. The maximum atomic E-state index is 5.47. The number of rotatable bonds is 2. The monoisotopic (exact) mass is 136 g/mol. The molecule has 0 saturated heterocycles. The summed E-state index contributed by atoms with van der Waals surface area (Å²) in [6.45, 7) is 3.40. The number of nitrogens with zero attached hydrogens (tertiary/aromatic N) is 1. The largest absolute Gasteiger partial charge is 0.463 e. The Morgan fingerprint density at radius 2 is 2.50 bits per heavy atom. The van der Waals surface area contributed by atoms with Crippen molar-refractivity contribution in [3.05, 3.63) is 31.3 Å². The van der Waals surface area contributed by atoms with Gasteiger partial charge < -0.3 is 10.5 Å². The van der Waals surface area contributed by atoms with Crippen molar-refractivity contribution in [3.63, 3.8) is 0 Å². The molecule has 3 heteroatoms. The number of anilines is 1. The minimum Gasteiger partial charge on any atom is -0.463 e. The van der Waals surface area contributed by atoms with Gasteiger partial charge in [0.2, 0.25) is 0 Å². The van der Waals surface area contributed by atoms with Crippen LogP contribution in [0.25, 0.3) is 0 Å². The second-order valence-corrected chi connectivity index (χ2v) is 1.70. The van der Waals surface area contributed by atoms with Crippen molar-refractivity contribution in [1.82, 2.24) is 4.98 Å². The van der Waals surface area contributed by atoms with E-state index in [2.05, 4.69) is 11.6 Å². The Morgan fingerprint density at radius 3 is 3.10 bits per heavy atom. The highest BCUT2D eigenvalue weighted by molar-refractivity contribution is 5.49. The van der Waals surface area contributed by atoms with Crippen LogP contribution >= 0.6 is 0 Å². The van der Waals surface area contributed by atoms with E-state index in [0.717, 1.165) is 0 Å². The lowest BCUT2D eigenvalue weighted by atomic mass is 10.4. The highest BCUT2D eigenvalue weighted by Gasteiger charge is 1.94. The molecule has 0 amide bonds. The Hall–Kier alpha value is -1.51. The van der Waals surface area contributed by atoms with Gasteiger partial charge in [0.05, 0.1) is 18.1 Å². The number of pyridine rings is 1. The van der Waals surface area contributed by atoms with E-state index in [0.29, 0.717) is 11.4 Å². The molecule has 0 fully saturated rings. The highest BCUT2D eigenvalue weighted by Crippen LogP contribution is 2.17. The van der Waals surface area contributed by atoms with E-state index in [1.807, 2.05) is 0 Å². The third kappa shape index (κ3) is 1.25. The van der Waals surface area contributed by atoms with Crippen molar-refractivity contribution in [3.8, 4) is 5.75 Å². The molecule has 0 aliphatic heterocycles. The first-order valence-electron chi connectivity index (χ1n) is 2.81. The molecular weight excluding hydrogens is 128 g/mol. The van der Waals surface area contributed by atoms with Crippen LogP contribution in [0, 0.1) is 0 Å². The maximum absolute atomic E-state index is 5.47. The molecular formula is C7H8N2O. The summed E-state index contributed by atoms with van der Waals surface area (Å²) in [5.74, 6) is 0.588. The molecule has 1 heterocycles. The van der Waals surface area contributed by atoms with Crippen LogP contribution in [0.4, 0.5) is 5.69 Å². The van der Waals surface area contributed by atoms with Crippen LogP contribution < -0.4 is 10.5 Å². The molecule has 2 N–H and O–H groups in total. The van der Waals surface area contributed by atoms with Gasteiger partial charge in [-0.05, 0) is 0 Å². The van der Waals surface area contributed by atoms with Crippen LogP contribution in [0.15, 0.2) is 31.3 Å². The van der Waals surface area contributed by atoms with Gasteiger partial charge in [-0.3, -0.25) is 4.98 Å². The van der Waals surface area contributed by atoms with Gasteiger partial charge in [0.1, 0.15) is 0 Å². The van der Waals surface area contributed by atoms with Gasteiger partial charge in [-0.1, -0.05) is 6.58 Å². The Kier molecular flexibility index (Phi) is 1.89. The van der Waals surface area contributed by atoms with Crippen molar-refractivity contribution in [2.24, 2.45) is 0 Å². The molecule has 0 aliphatic carbocycles. The van der Waals surface area contributed by atoms with Gasteiger partial charge in [-0.2, -0.15) is 0 Å². The summed E-state index contributed by atoms with van der Waals surface area (Å²) < 4.78 is 4.94. The summed E-state index contributed by atoms with van der Waals surface area (Å²) in [4.78, 5) is 3.79. The summed E-state index contributed by atoms with van der Waals surface area (Å²) in [6.07, 6.45) is 4.46. The third-order valence-corrected chi connectivity index (χ3v) is 1.02. The number of hydrogen-bond donors (Lipinski definition) is 1. The van der Waals surface area contributed by atoms with E-state index >= 15 is 0 Å². The number of aromatic nitrogens is 1. The molecule has 0 bridgehead atoms. The zero-order valence-electron chi connectivity index (χ0n) is 5.45. The number of ether oxygens (including phenoxy) is 1. The summed E-state index contributed by atoms with van der Waals surface area (Å²) in [7, 11) is 0. The number of nitrogen functional groups attached to an aromatic ring is 1. The Bertz CT molecular complexity index is 235. The lowest BCUT2D eigenvalue weighted by Crippen LogP contribution is -1.90. The van der Waals surface area contributed by atoms with Gasteiger partial charge in [0.15, 0.2) is 5.75 Å². The van der Waals surface area contributed by atoms with E-state index in [9.17, 15) is 0 Å². The molecule has 3 nitrogen and oxygen atoms in total. The first-order valence-corrected chi connectivity index (χ1v) is 2.81. The summed E-state index contributed by atoms with van der Waals surface area (Å²) >= 11 is 0. The second kappa shape index (κ2) is 2.87. The van der Waals surface area contributed by atoms with Crippen molar-refractivity contribution in [1.29, 1.82) is 0 Å². The zero-order chi connectivity index (χ0) is 7.40. The fraction of sp³-hybridized carbons (Fsp3) is 0. The van der Waals surface area contributed by atoms with Crippen molar-refractivity contribution >= 4 is 5.69 Å². The molecule has 1 aromatic rings. The first kappa shape index (κ1) is 6.61. The average Bonchev–Trinajstić information content (AvgIpc) is 1.94. The molecule has 0 atom stereocenters. The zero-order valence-corrected chi connectivity index (χ0v) is 5.45. The van der Waals surface area contributed by atoms with E-state index in [1.165, 1.54) is 12.5 Å². The fourth-order valence-electron chi connectivity index (χ4n) is 0.591. The fourth-order valence-corrected chi connectivity index (χ4v) is 0.591. The smallest absolute Gasteiger partial charge is 0.152 e. The van der Waals surface area contributed by atoms with Crippen LogP contribution in [0.1, 0.15) is 0 Å². The SMILES string of the molecule is C=COc1ccncc1N. The third-order valence-electron chi connectivity index (χ3n) is 1.02. The van der Waals surface area contributed by atoms with Gasteiger partial charge in [-0.15, -0.1) is 0 Å². The van der Waals surface area contributed by atoms with E-state index in [4.69, 9.17) is 10.5 Å². The Morgan fingerprint density at radius 1 is 1.70 bits per heavy atom. The van der Waals surface area contributed by atoms with Crippen molar-refractivity contribution in [2.75, 3.05) is 5.73 Å². The average molecular weight is 136 g/mol. The van der Waals surface area contributed by atoms with Crippen LogP contribution in [0.3, 0.4) is 0 Å². The highest BCUT2D eigenvalue weighted by atomic mass is 16.5. The van der Waals surface area contributed by atoms with Crippen LogP contribution in [-0.2, 0) is 0 Å². The molecule has 0 spiro atoms. The molecule has 0 unspecified atom stereocenters. The minimum atomic E-state index is 0.516. The lowest BCUT2D eigenvalue weighted by molar-refractivity contribution is 0.485. The molecule has 0 radical (unpaired) electrons. The normalized spacial score (nSPS) is 8.80. The number of hydrogen-bond acceptors (Lipinski definition) is 3. The summed E-state index contributed by atoms with van der Waals surface area (Å²) in [5.41, 5.74) is 5.99. The molecule has 1 rings (SSSR count). The van der Waals surface area contributed by atoms with Crippen LogP contribution in [-0.4, -0.2) is 4.98 Å². The van der Waals surface area contributed by atoms with Gasteiger partial charge in [0.25, 0.3) is 0 Å². The first-order chi connectivity index (χ1) is 4.84. The van der Waals surface area contributed by atoms with Crippen LogP contribution in [0.5, 0.6) is 5.75 Å². The second-order valence-electron chi connectivity index (χ2n) is 1.70. The molecule has 10 heavy (non-hydrogen) atoms. The Labute approximate surface area is 59.1 Å². The van der Waals surface area contributed by atoms with E-state index in [1.54, 1.807) is 12.3 Å². The summed E-state index contributed by atoms with van der Waals surface area (Å²) in [6, 6.07) is 1.68. The van der Waals surface area contributed by atoms with Crippen molar-refractivity contribution in [2.45, 2.75) is 0 Å². The Balaban J connectivity index is 2.91. The van der Waals surface area contributed by atoms with Gasteiger partial charge >= 0.3 is 0 Å². The minimum absolute atomic E-state index is 0.516. The predicted octanol–water partition coefficient (Wildman–Crippen LogP) is 1.19. The van der Waals surface area contributed by atoms with Crippen molar-refractivity contribution < 1.29 is 4.74 Å². The van der Waals surface area contributed by atoms with Crippen LogP contribution in [0.2, 0.25) is 0 Å². The summed E-state index contributed by atoms with van der Waals surface area (Å²) in [5, 5.41) is 0. The molecule has 52 valence electrons. The standard InChI is InChI=1S/C7H8N2O/c1-2-10-7-3-4-9-5-6(7)8/h2-5H,1,8H2. The quantitative estimate of drug-likeness (QED) is 0.621. The van der Waals surface area contributed by atoms with Gasteiger partial charge in [0, 0.05) is 12.3 Å². The topological polar surface area (TPSA) is 48.1 Å². The molecule has 0 saturated carbocycles. The molecule has 1 aromatic heterocycles.